The largest absolute Gasteiger partial charge is 0.479 e. The smallest absolute Gasteiger partial charge is 0.334 e. The first-order valence-corrected chi connectivity index (χ1v) is 5.61. The third kappa shape index (κ3) is 2.71. The van der Waals surface area contributed by atoms with Crippen molar-refractivity contribution >= 4 is 11.9 Å². The van der Waals surface area contributed by atoms with E-state index in [4.69, 9.17) is 9.84 Å². The summed E-state index contributed by atoms with van der Waals surface area (Å²) >= 11 is 0. The van der Waals surface area contributed by atoms with Gasteiger partial charge in [0.2, 0.25) is 0 Å². The van der Waals surface area contributed by atoms with Crippen LogP contribution in [0.5, 0.6) is 0 Å². The van der Waals surface area contributed by atoms with Crippen LogP contribution in [0, 0.1) is 5.82 Å². The molecule has 100 valence electrons. The van der Waals surface area contributed by atoms with Gasteiger partial charge in [0.05, 0.1) is 6.04 Å². The molecule has 0 aromatic heterocycles. The molecule has 19 heavy (non-hydrogen) atoms. The number of benzene rings is 1. The minimum atomic E-state index is -1.20. The fraction of sp³-hybridized carbons (Fsp3) is 0.308. The number of hydrogen-bond acceptors (Lipinski definition) is 4. The lowest BCUT2D eigenvalue weighted by Crippen LogP contribution is -2.36. The average Bonchev–Trinajstić information content (AvgIpc) is 2.69. The lowest BCUT2D eigenvalue weighted by atomic mass is 10.0. The number of carboxylic acids is 1. The predicted molar refractivity (Wildman–Crippen MR) is 63.5 cm³/mol. The number of carboxylic acid groups (broad SMARTS) is 1. The second-order valence-corrected chi connectivity index (χ2v) is 4.42. The Balaban J connectivity index is 2.34. The monoisotopic (exact) mass is 265 g/mol. The second kappa shape index (κ2) is 4.93. The Hall–Kier alpha value is -2.01. The van der Waals surface area contributed by atoms with Crippen molar-refractivity contribution < 1.29 is 23.8 Å². The highest BCUT2D eigenvalue weighted by atomic mass is 19.1. The predicted octanol–water partition coefficient (Wildman–Crippen LogP) is 1.04. The number of hydrogen-bond donors (Lipinski definition) is 2. The Bertz CT molecular complexity index is 538. The average molecular weight is 265 g/mol. The van der Waals surface area contributed by atoms with Crippen LogP contribution >= 0.6 is 0 Å². The van der Waals surface area contributed by atoms with E-state index in [0.29, 0.717) is 5.56 Å². The maximum absolute atomic E-state index is 12.9. The van der Waals surface area contributed by atoms with Crippen LogP contribution in [0.25, 0.3) is 0 Å². The third-order valence-electron chi connectivity index (χ3n) is 2.92. The normalized spacial score (nSPS) is 29.8. The van der Waals surface area contributed by atoms with Gasteiger partial charge in [-0.15, -0.1) is 0 Å². The van der Waals surface area contributed by atoms with Crippen LogP contribution in [0.4, 0.5) is 4.39 Å². The Kier molecular flexibility index (Phi) is 3.48. The maximum atomic E-state index is 12.9. The molecular formula is C13H12FNO4. The molecule has 1 aliphatic rings. The summed E-state index contributed by atoms with van der Waals surface area (Å²) in [7, 11) is 0. The van der Waals surface area contributed by atoms with E-state index >= 15 is 0 Å². The van der Waals surface area contributed by atoms with Crippen molar-refractivity contribution in [1.82, 2.24) is 5.32 Å². The van der Waals surface area contributed by atoms with E-state index in [1.807, 2.05) is 0 Å². The minimum Gasteiger partial charge on any atom is -0.479 e. The molecule has 0 bridgehead atoms. The summed E-state index contributed by atoms with van der Waals surface area (Å²) < 4.78 is 18.2. The summed E-state index contributed by atoms with van der Waals surface area (Å²) in [5.41, 5.74) is -0.638. The van der Waals surface area contributed by atoms with E-state index in [2.05, 4.69) is 5.32 Å². The Morgan fingerprint density at radius 1 is 1.53 bits per heavy atom. The first-order chi connectivity index (χ1) is 8.95. The van der Waals surface area contributed by atoms with Crippen molar-refractivity contribution in [3.63, 3.8) is 0 Å². The molecule has 1 aromatic rings. The first-order valence-electron chi connectivity index (χ1n) is 5.61. The van der Waals surface area contributed by atoms with Gasteiger partial charge >= 0.3 is 5.97 Å². The fourth-order valence-electron chi connectivity index (χ4n) is 2.06. The van der Waals surface area contributed by atoms with Gasteiger partial charge in [0.15, 0.2) is 6.10 Å². The van der Waals surface area contributed by atoms with Gasteiger partial charge in [-0.2, -0.15) is 0 Å². The highest BCUT2D eigenvalue weighted by Crippen LogP contribution is 2.32. The van der Waals surface area contributed by atoms with Gasteiger partial charge in [-0.05, 0) is 24.6 Å². The number of aliphatic carboxylic acids is 1. The van der Waals surface area contributed by atoms with Gasteiger partial charge in [-0.3, -0.25) is 5.32 Å². The molecule has 0 saturated carbocycles. The van der Waals surface area contributed by atoms with Crippen LogP contribution in [-0.4, -0.2) is 28.8 Å². The molecule has 3 atom stereocenters. The van der Waals surface area contributed by atoms with Gasteiger partial charge in [0, 0.05) is 6.08 Å². The number of halogens is 1. The molecule has 2 rings (SSSR count). The molecule has 1 fully saturated rings. The quantitative estimate of drug-likeness (QED) is 0.799. The van der Waals surface area contributed by atoms with Crippen molar-refractivity contribution in [2.24, 2.45) is 0 Å². The van der Waals surface area contributed by atoms with Crippen molar-refractivity contribution in [3.8, 4) is 0 Å². The number of nitrogens with one attached hydrogen (secondary N) is 1. The first kappa shape index (κ1) is 13.4. The van der Waals surface area contributed by atoms with Gasteiger partial charge in [0.1, 0.15) is 17.5 Å². The van der Waals surface area contributed by atoms with E-state index in [1.54, 1.807) is 5.94 Å². The lowest BCUT2D eigenvalue weighted by Gasteiger charge is -2.17. The third-order valence-corrected chi connectivity index (χ3v) is 2.92. The molecule has 2 N–H and O–H groups in total. The Labute approximate surface area is 108 Å². The molecule has 0 spiro atoms. The summed E-state index contributed by atoms with van der Waals surface area (Å²) in [6.45, 7) is 1.53. The Morgan fingerprint density at radius 2 is 2.16 bits per heavy atom. The molecule has 1 heterocycles. The molecule has 0 amide bonds. The fourth-order valence-corrected chi connectivity index (χ4v) is 2.06. The molecule has 6 heteroatoms. The minimum absolute atomic E-state index is 0.412. The van der Waals surface area contributed by atoms with Gasteiger partial charge in [-0.1, -0.05) is 12.1 Å². The van der Waals surface area contributed by atoms with E-state index in [0.717, 1.165) is 6.08 Å². The highest BCUT2D eigenvalue weighted by molar-refractivity contribution is 5.74. The highest BCUT2D eigenvalue weighted by Gasteiger charge is 2.46. The SMILES string of the molecule is CC1(C=C=O)NC(c2ccc(F)cc2)C(C(=O)O)O1. The molecule has 0 radical (unpaired) electrons. The van der Waals surface area contributed by atoms with Gasteiger partial charge < -0.3 is 9.84 Å². The number of carbonyl (C=O) groups is 1. The number of carbonyl (C=O) groups excluding carboxylic acids is 1. The molecule has 3 unspecified atom stereocenters. The van der Waals surface area contributed by atoms with Crippen LogP contribution in [-0.2, 0) is 14.3 Å². The van der Waals surface area contributed by atoms with Crippen molar-refractivity contribution in [2.45, 2.75) is 24.8 Å². The summed E-state index contributed by atoms with van der Waals surface area (Å²) in [5.74, 6) is 0.00119. The summed E-state index contributed by atoms with van der Waals surface area (Å²) in [4.78, 5) is 21.6. The number of rotatable bonds is 3. The molecule has 1 aromatic carbocycles. The van der Waals surface area contributed by atoms with Crippen LogP contribution < -0.4 is 5.32 Å². The zero-order chi connectivity index (χ0) is 14.0. The zero-order valence-corrected chi connectivity index (χ0v) is 10.1. The summed E-state index contributed by atoms with van der Waals surface area (Å²) in [6, 6.07) is 4.75. The standard InChI is InChI=1S/C13H12FNO4/c1-13(6-7-16)15-10(11(19-13)12(17)18)8-2-4-9(14)5-3-8/h2-6,10-11,15H,1H3,(H,17,18). The van der Waals surface area contributed by atoms with Gasteiger partial charge in [0.25, 0.3) is 0 Å². The Morgan fingerprint density at radius 3 is 2.68 bits per heavy atom. The van der Waals surface area contributed by atoms with Crippen LogP contribution in [0.3, 0.4) is 0 Å². The molecule has 1 saturated heterocycles. The van der Waals surface area contributed by atoms with E-state index < -0.39 is 29.7 Å². The van der Waals surface area contributed by atoms with E-state index in [1.165, 1.54) is 31.2 Å². The van der Waals surface area contributed by atoms with Crippen molar-refractivity contribution in [1.29, 1.82) is 0 Å². The van der Waals surface area contributed by atoms with Gasteiger partial charge in [-0.25, -0.2) is 14.0 Å². The zero-order valence-electron chi connectivity index (χ0n) is 10.1. The molecule has 5 nitrogen and oxygen atoms in total. The van der Waals surface area contributed by atoms with E-state index in [-0.39, 0.29) is 0 Å². The number of ether oxygens (including phenoxy) is 1. The van der Waals surface area contributed by atoms with Crippen molar-refractivity contribution in [2.75, 3.05) is 0 Å². The summed E-state index contributed by atoms with van der Waals surface area (Å²) in [6.07, 6.45) is -0.0908. The van der Waals surface area contributed by atoms with E-state index in [9.17, 15) is 14.0 Å². The molecule has 0 aliphatic carbocycles. The maximum Gasteiger partial charge on any atom is 0.334 e. The second-order valence-electron chi connectivity index (χ2n) is 4.42. The lowest BCUT2D eigenvalue weighted by molar-refractivity contribution is -0.152. The van der Waals surface area contributed by atoms with Crippen LogP contribution in [0.1, 0.15) is 18.5 Å². The van der Waals surface area contributed by atoms with Crippen LogP contribution in [0.2, 0.25) is 0 Å². The molecule has 1 aliphatic heterocycles. The van der Waals surface area contributed by atoms with Crippen molar-refractivity contribution in [3.05, 3.63) is 41.7 Å². The molecular weight excluding hydrogens is 253 g/mol. The summed E-state index contributed by atoms with van der Waals surface area (Å²) in [5, 5.41) is 12.0. The topological polar surface area (TPSA) is 75.6 Å². The van der Waals surface area contributed by atoms with Crippen LogP contribution in [0.15, 0.2) is 30.3 Å².